The summed E-state index contributed by atoms with van der Waals surface area (Å²) in [7, 11) is 0. The predicted octanol–water partition coefficient (Wildman–Crippen LogP) is 3.76. The van der Waals surface area contributed by atoms with Gasteiger partial charge in [-0.1, -0.05) is 47.5 Å². The van der Waals surface area contributed by atoms with Crippen LogP contribution in [0.3, 0.4) is 0 Å². The first-order chi connectivity index (χ1) is 13.0. The monoisotopic (exact) mass is 404 g/mol. The fourth-order valence-corrected chi connectivity index (χ4v) is 2.45. The maximum Gasteiger partial charge on any atom is 0.240 e. The van der Waals surface area contributed by atoms with Crippen LogP contribution < -0.4 is 10.9 Å². The third-order valence-electron chi connectivity index (χ3n) is 3.31. The SMILES string of the molecule is O=C(CCCC(=O)N/N=C/c1cccc(Cl)c1)N/N=C/c1cccc(Cl)c1. The zero-order chi connectivity index (χ0) is 19.5. The number of amides is 2. The van der Waals surface area contributed by atoms with Crippen LogP contribution in [0.2, 0.25) is 10.0 Å². The Morgan fingerprint density at radius 1 is 0.815 bits per heavy atom. The van der Waals surface area contributed by atoms with E-state index in [1.54, 1.807) is 36.4 Å². The minimum atomic E-state index is -0.275. The fourth-order valence-electron chi connectivity index (χ4n) is 2.05. The molecule has 0 unspecified atom stereocenters. The summed E-state index contributed by atoms with van der Waals surface area (Å²) in [6.07, 6.45) is 3.75. The maximum absolute atomic E-state index is 11.7. The van der Waals surface area contributed by atoms with Gasteiger partial charge >= 0.3 is 0 Å². The Morgan fingerprint density at radius 2 is 1.26 bits per heavy atom. The number of carbonyl (C=O) groups excluding carboxylic acids is 2. The van der Waals surface area contributed by atoms with Gasteiger partial charge in [-0.25, -0.2) is 10.9 Å². The minimum absolute atomic E-state index is 0.179. The minimum Gasteiger partial charge on any atom is -0.273 e. The molecular formula is C19H18Cl2N4O2. The van der Waals surface area contributed by atoms with Gasteiger partial charge in [-0.3, -0.25) is 9.59 Å². The fraction of sp³-hybridized carbons (Fsp3) is 0.158. The van der Waals surface area contributed by atoms with Crippen LogP contribution >= 0.6 is 23.2 Å². The summed E-state index contributed by atoms with van der Waals surface area (Å²) in [4.78, 5) is 23.4. The van der Waals surface area contributed by atoms with Gasteiger partial charge in [0, 0.05) is 22.9 Å². The van der Waals surface area contributed by atoms with Gasteiger partial charge in [0.2, 0.25) is 11.8 Å². The van der Waals surface area contributed by atoms with Crippen molar-refractivity contribution in [3.8, 4) is 0 Å². The van der Waals surface area contributed by atoms with Crippen LogP contribution in [0.1, 0.15) is 30.4 Å². The van der Waals surface area contributed by atoms with Crippen molar-refractivity contribution in [1.29, 1.82) is 0 Å². The lowest BCUT2D eigenvalue weighted by Gasteiger charge is -2.01. The normalized spacial score (nSPS) is 11.0. The molecule has 0 aliphatic carbocycles. The average Bonchev–Trinajstić information content (AvgIpc) is 2.62. The van der Waals surface area contributed by atoms with Gasteiger partial charge in [-0.15, -0.1) is 0 Å². The lowest BCUT2D eigenvalue weighted by Crippen LogP contribution is -2.20. The van der Waals surface area contributed by atoms with Gasteiger partial charge in [-0.2, -0.15) is 10.2 Å². The second-order valence-corrected chi connectivity index (χ2v) is 6.42. The standard InChI is InChI=1S/C19H18Cl2N4O2/c20-16-6-1-4-14(10-16)12-22-24-18(26)8-3-9-19(27)25-23-13-15-5-2-7-17(21)11-15/h1-2,4-7,10-13H,3,8-9H2,(H,24,26)(H,25,27)/b22-12+,23-13+. The van der Waals surface area contributed by atoms with Crippen molar-refractivity contribution in [2.75, 3.05) is 0 Å². The molecule has 8 heteroatoms. The molecule has 0 aliphatic rings. The van der Waals surface area contributed by atoms with Gasteiger partial charge in [0.25, 0.3) is 0 Å². The Labute approximate surface area is 167 Å². The van der Waals surface area contributed by atoms with Gasteiger partial charge in [0.1, 0.15) is 0 Å². The molecule has 6 nitrogen and oxygen atoms in total. The van der Waals surface area contributed by atoms with Crippen molar-refractivity contribution >= 4 is 47.4 Å². The Kier molecular flexibility index (Phi) is 8.48. The number of benzene rings is 2. The first kappa shape index (κ1) is 20.6. The topological polar surface area (TPSA) is 82.9 Å². The Bertz CT molecular complexity index is 784. The summed E-state index contributed by atoms with van der Waals surface area (Å²) < 4.78 is 0. The van der Waals surface area contributed by atoms with Gasteiger partial charge < -0.3 is 0 Å². The van der Waals surface area contributed by atoms with Gasteiger partial charge in [0.15, 0.2) is 0 Å². The molecule has 2 aromatic carbocycles. The van der Waals surface area contributed by atoms with E-state index in [0.717, 1.165) is 11.1 Å². The maximum atomic E-state index is 11.7. The summed E-state index contributed by atoms with van der Waals surface area (Å²) in [5.41, 5.74) is 6.37. The zero-order valence-corrected chi connectivity index (χ0v) is 15.9. The first-order valence-electron chi connectivity index (χ1n) is 8.18. The zero-order valence-electron chi connectivity index (χ0n) is 14.4. The van der Waals surface area contributed by atoms with E-state index >= 15 is 0 Å². The molecule has 0 atom stereocenters. The highest BCUT2D eigenvalue weighted by Crippen LogP contribution is 2.09. The van der Waals surface area contributed by atoms with Crippen LogP contribution in [-0.2, 0) is 9.59 Å². The number of nitrogens with one attached hydrogen (secondary N) is 2. The predicted molar refractivity (Wildman–Crippen MR) is 108 cm³/mol. The van der Waals surface area contributed by atoms with E-state index in [-0.39, 0.29) is 24.7 Å². The molecule has 0 spiro atoms. The number of nitrogens with zero attached hydrogens (tertiary/aromatic N) is 2. The molecule has 0 radical (unpaired) electrons. The number of carbonyl (C=O) groups is 2. The second-order valence-electron chi connectivity index (χ2n) is 5.55. The lowest BCUT2D eigenvalue weighted by molar-refractivity contribution is -0.122. The van der Waals surface area contributed by atoms with Crippen LogP contribution in [0.25, 0.3) is 0 Å². The molecule has 0 saturated heterocycles. The molecular weight excluding hydrogens is 387 g/mol. The Balaban J connectivity index is 1.63. The van der Waals surface area contributed by atoms with Crippen LogP contribution in [-0.4, -0.2) is 24.2 Å². The largest absolute Gasteiger partial charge is 0.273 e. The van der Waals surface area contributed by atoms with E-state index in [2.05, 4.69) is 21.1 Å². The van der Waals surface area contributed by atoms with E-state index in [9.17, 15) is 9.59 Å². The molecule has 2 aromatic rings. The lowest BCUT2D eigenvalue weighted by atomic mass is 10.2. The van der Waals surface area contributed by atoms with E-state index in [1.807, 2.05) is 12.1 Å². The molecule has 0 heterocycles. The third kappa shape index (κ3) is 8.48. The van der Waals surface area contributed by atoms with Crippen molar-refractivity contribution in [1.82, 2.24) is 10.9 Å². The number of halogens is 2. The summed E-state index contributed by atoms with van der Waals surface area (Å²) in [5, 5.41) is 8.89. The quantitative estimate of drug-likeness (QED) is 0.518. The van der Waals surface area contributed by atoms with E-state index in [1.165, 1.54) is 12.4 Å². The summed E-state index contributed by atoms with van der Waals surface area (Å²) in [6, 6.07) is 14.2. The molecule has 0 aliphatic heterocycles. The van der Waals surface area contributed by atoms with E-state index in [0.29, 0.717) is 16.5 Å². The van der Waals surface area contributed by atoms with Gasteiger partial charge in [-0.05, 0) is 41.8 Å². The number of hydrogen-bond donors (Lipinski definition) is 2. The second kappa shape index (κ2) is 11.1. The third-order valence-corrected chi connectivity index (χ3v) is 3.78. The van der Waals surface area contributed by atoms with Crippen molar-refractivity contribution in [3.05, 3.63) is 69.7 Å². The smallest absolute Gasteiger partial charge is 0.240 e. The van der Waals surface area contributed by atoms with Crippen molar-refractivity contribution in [2.24, 2.45) is 10.2 Å². The molecule has 0 fully saturated rings. The van der Waals surface area contributed by atoms with Gasteiger partial charge in [0.05, 0.1) is 12.4 Å². The summed E-state index contributed by atoms with van der Waals surface area (Å²) in [5.74, 6) is -0.549. The molecule has 2 N–H and O–H groups in total. The Morgan fingerprint density at radius 3 is 1.67 bits per heavy atom. The van der Waals surface area contributed by atoms with Crippen molar-refractivity contribution in [2.45, 2.75) is 19.3 Å². The Hall–Kier alpha value is -2.70. The molecule has 0 saturated carbocycles. The van der Waals surface area contributed by atoms with E-state index < -0.39 is 0 Å². The molecule has 27 heavy (non-hydrogen) atoms. The number of hydrazone groups is 2. The molecule has 2 amide bonds. The summed E-state index contributed by atoms with van der Waals surface area (Å²) >= 11 is 11.7. The molecule has 140 valence electrons. The van der Waals surface area contributed by atoms with Crippen LogP contribution in [0.4, 0.5) is 0 Å². The highest BCUT2D eigenvalue weighted by Gasteiger charge is 2.04. The van der Waals surface area contributed by atoms with Crippen LogP contribution in [0.5, 0.6) is 0 Å². The number of hydrogen-bond acceptors (Lipinski definition) is 4. The molecule has 0 aromatic heterocycles. The van der Waals surface area contributed by atoms with E-state index in [4.69, 9.17) is 23.2 Å². The van der Waals surface area contributed by atoms with Crippen molar-refractivity contribution < 1.29 is 9.59 Å². The first-order valence-corrected chi connectivity index (χ1v) is 8.93. The summed E-state index contributed by atoms with van der Waals surface area (Å²) in [6.45, 7) is 0. The highest BCUT2D eigenvalue weighted by atomic mass is 35.5. The van der Waals surface area contributed by atoms with Crippen LogP contribution in [0, 0.1) is 0 Å². The number of rotatable bonds is 8. The highest BCUT2D eigenvalue weighted by molar-refractivity contribution is 6.31. The molecule has 2 rings (SSSR count). The molecule has 0 bridgehead atoms. The van der Waals surface area contributed by atoms with Crippen molar-refractivity contribution in [3.63, 3.8) is 0 Å². The average molecular weight is 405 g/mol. The van der Waals surface area contributed by atoms with Crippen LogP contribution in [0.15, 0.2) is 58.7 Å².